The van der Waals surface area contributed by atoms with Gasteiger partial charge in [0.25, 0.3) is 0 Å². The molecule has 2 atom stereocenters. The molecule has 0 aromatic heterocycles. The number of hydrogen-bond donors (Lipinski definition) is 2. The van der Waals surface area contributed by atoms with Gasteiger partial charge in [0.05, 0.1) is 12.1 Å². The third-order valence-corrected chi connectivity index (χ3v) is 16.6. The molecule has 0 saturated heterocycles. The summed E-state index contributed by atoms with van der Waals surface area (Å²) in [4.78, 5) is 0. The van der Waals surface area contributed by atoms with E-state index >= 15 is 0 Å². The molecule has 3 rings (SSSR count). The molecule has 3 nitrogen and oxygen atoms in total. The van der Waals surface area contributed by atoms with Gasteiger partial charge in [0.2, 0.25) is 8.32 Å². The summed E-state index contributed by atoms with van der Waals surface area (Å²) in [6, 6.07) is 27.8. The van der Waals surface area contributed by atoms with Gasteiger partial charge < -0.3 is 15.1 Å². The lowest BCUT2D eigenvalue weighted by Crippen LogP contribution is -2.55. The minimum absolute atomic E-state index is 0.0277. The second kappa shape index (κ2) is 14.5. The van der Waals surface area contributed by atoms with Crippen molar-refractivity contribution in [1.82, 2.24) is 5.32 Å². The number of nitrogens with one attached hydrogen (secondary N) is 2. The van der Waals surface area contributed by atoms with Gasteiger partial charge in [-0.15, -0.1) is 0 Å². The summed E-state index contributed by atoms with van der Waals surface area (Å²) in [5, 5.41) is 10.1. The fourth-order valence-electron chi connectivity index (χ4n) is 5.77. The van der Waals surface area contributed by atoms with E-state index in [0.717, 1.165) is 11.8 Å². The van der Waals surface area contributed by atoms with Crippen LogP contribution in [0.15, 0.2) is 84.9 Å². The summed E-state index contributed by atoms with van der Waals surface area (Å²) in [6.07, 6.45) is 0.809. The van der Waals surface area contributed by atoms with Gasteiger partial charge in [-0.3, -0.25) is 0 Å². The van der Waals surface area contributed by atoms with Crippen LogP contribution < -0.4 is 21.2 Å². The lowest BCUT2D eigenvalue weighted by molar-refractivity contribution is 0.163. The number of hydrogen-bond acceptors (Lipinski definition) is 2. The molecule has 0 fully saturated rings. The van der Waals surface area contributed by atoms with Crippen LogP contribution in [0.25, 0.3) is 0 Å². The molecule has 0 bridgehead atoms. The van der Waals surface area contributed by atoms with Crippen LogP contribution in [0.4, 0.5) is 10.1 Å². The number of halogens is 1. The summed E-state index contributed by atoms with van der Waals surface area (Å²) in [5.74, 6) is -0.270. The highest BCUT2D eigenvalue weighted by atomic mass is 32.1. The van der Waals surface area contributed by atoms with Gasteiger partial charge in [-0.2, -0.15) is 0 Å². The number of benzene rings is 3. The maximum atomic E-state index is 13.5. The molecule has 0 spiro atoms. The Morgan fingerprint density at radius 1 is 0.769 bits per heavy atom. The molecular weight excluding hydrogens is 538 g/mol. The predicted octanol–water partition coefficient (Wildman–Crippen LogP) is 8.19. The van der Waals surface area contributed by atoms with Crippen LogP contribution in [0.5, 0.6) is 0 Å². The summed E-state index contributed by atoms with van der Waals surface area (Å²) in [5.41, 5.74) is 2.20. The maximum Gasteiger partial charge on any atom is 0.200 e. The zero-order chi connectivity index (χ0) is 28.6. The molecule has 0 radical (unpaired) electrons. The molecule has 0 unspecified atom stereocenters. The standard InChI is InChI=1S/C32H44FN2OPSSi/c1-23(2)39(24(3)4,25(5)6)36-26(7)31(35-32(38)34-28-20-18-27(33)19-21-28)22-37(29-14-10-8-11-15-29)30-16-12-9-13-17-30/h8-21,23-26,31H,22H2,1-7H3,(H2,34,35,38)/t26-,31+/m1/s1. The number of thiocarbonyl (C=S) groups is 1. The molecular formula is C32H44FN2OPSSi. The molecule has 2 N–H and O–H groups in total. The first kappa shape index (κ1) is 31.4. The zero-order valence-corrected chi connectivity index (χ0v) is 27.0. The van der Waals surface area contributed by atoms with Gasteiger partial charge in [0.15, 0.2) is 5.11 Å². The van der Waals surface area contributed by atoms with Gasteiger partial charge in [0.1, 0.15) is 5.82 Å². The zero-order valence-electron chi connectivity index (χ0n) is 24.3. The van der Waals surface area contributed by atoms with Crippen LogP contribution in [0.1, 0.15) is 48.5 Å². The van der Waals surface area contributed by atoms with Gasteiger partial charge in [0, 0.05) is 5.69 Å². The molecule has 0 aliphatic carbocycles. The Morgan fingerprint density at radius 2 is 1.23 bits per heavy atom. The SMILES string of the molecule is CC(C)[Si](O[C@H](C)[C@H](CP(c1ccccc1)c1ccccc1)NC(=S)Nc1ccc(F)cc1)(C(C)C)C(C)C. The topological polar surface area (TPSA) is 33.3 Å². The maximum absolute atomic E-state index is 13.5. The molecule has 3 aromatic carbocycles. The van der Waals surface area contributed by atoms with Crippen molar-refractivity contribution in [3.8, 4) is 0 Å². The Kier molecular flexibility index (Phi) is 11.7. The van der Waals surface area contributed by atoms with E-state index in [4.69, 9.17) is 16.6 Å². The number of rotatable bonds is 12. The van der Waals surface area contributed by atoms with E-state index in [0.29, 0.717) is 21.7 Å². The summed E-state index contributed by atoms with van der Waals surface area (Å²) in [6.45, 7) is 16.1. The number of anilines is 1. The molecule has 0 amide bonds. The van der Waals surface area contributed by atoms with Gasteiger partial charge >= 0.3 is 0 Å². The average molecular weight is 583 g/mol. The van der Waals surface area contributed by atoms with Crippen molar-refractivity contribution in [2.75, 3.05) is 11.5 Å². The summed E-state index contributed by atoms with van der Waals surface area (Å²) >= 11 is 5.79. The van der Waals surface area contributed by atoms with Crippen molar-refractivity contribution in [2.45, 2.75) is 77.2 Å². The van der Waals surface area contributed by atoms with Crippen LogP contribution >= 0.6 is 20.1 Å². The highest BCUT2D eigenvalue weighted by molar-refractivity contribution is 7.80. The first-order chi connectivity index (χ1) is 18.5. The summed E-state index contributed by atoms with van der Waals surface area (Å²) in [7, 11) is -2.80. The van der Waals surface area contributed by atoms with Crippen molar-refractivity contribution in [3.05, 3.63) is 90.7 Å². The molecule has 0 saturated carbocycles. The largest absolute Gasteiger partial charge is 0.411 e. The molecule has 3 aromatic rings. The fraction of sp³-hybridized carbons (Fsp3) is 0.406. The lowest BCUT2D eigenvalue weighted by Gasteiger charge is -2.46. The van der Waals surface area contributed by atoms with E-state index in [1.807, 2.05) is 0 Å². The smallest absolute Gasteiger partial charge is 0.200 e. The Bertz CT molecular complexity index is 1100. The third kappa shape index (κ3) is 8.20. The van der Waals surface area contributed by atoms with E-state index in [1.54, 1.807) is 12.1 Å². The van der Waals surface area contributed by atoms with E-state index in [-0.39, 0.29) is 18.0 Å². The fourth-order valence-corrected chi connectivity index (χ4v) is 14.2. The first-order valence-corrected chi connectivity index (χ1v) is 18.0. The molecule has 0 aliphatic rings. The highest BCUT2D eigenvalue weighted by Crippen LogP contribution is 2.44. The van der Waals surface area contributed by atoms with E-state index in [2.05, 4.69) is 120 Å². The highest BCUT2D eigenvalue weighted by Gasteiger charge is 2.47. The van der Waals surface area contributed by atoms with Crippen molar-refractivity contribution < 1.29 is 8.82 Å². The average Bonchev–Trinajstić information content (AvgIpc) is 2.91. The van der Waals surface area contributed by atoms with Crippen molar-refractivity contribution in [1.29, 1.82) is 0 Å². The first-order valence-electron chi connectivity index (χ1n) is 13.9. The quantitative estimate of drug-likeness (QED) is 0.128. The van der Waals surface area contributed by atoms with Crippen LogP contribution in [0.3, 0.4) is 0 Å². The molecule has 210 valence electrons. The minimum Gasteiger partial charge on any atom is -0.411 e. The van der Waals surface area contributed by atoms with E-state index in [9.17, 15) is 4.39 Å². The lowest BCUT2D eigenvalue weighted by atomic mass is 10.2. The predicted molar refractivity (Wildman–Crippen MR) is 175 cm³/mol. The van der Waals surface area contributed by atoms with E-state index < -0.39 is 16.2 Å². The molecule has 7 heteroatoms. The Labute approximate surface area is 242 Å². The minimum atomic E-state index is -2.13. The second-order valence-corrected chi connectivity index (χ2v) is 19.2. The van der Waals surface area contributed by atoms with Crippen molar-refractivity contribution in [2.24, 2.45) is 0 Å². The van der Waals surface area contributed by atoms with Crippen molar-refractivity contribution >= 4 is 49.9 Å². The van der Waals surface area contributed by atoms with Crippen LogP contribution in [0.2, 0.25) is 16.6 Å². The Hall–Kier alpha value is -2.11. The molecule has 39 heavy (non-hydrogen) atoms. The summed E-state index contributed by atoms with van der Waals surface area (Å²) < 4.78 is 20.7. The molecule has 0 aliphatic heterocycles. The van der Waals surface area contributed by atoms with Crippen LogP contribution in [0, 0.1) is 5.82 Å². The van der Waals surface area contributed by atoms with Gasteiger partial charge in [-0.05, 0) is 84.7 Å². The Morgan fingerprint density at radius 3 is 1.67 bits per heavy atom. The van der Waals surface area contributed by atoms with Gasteiger partial charge in [-0.1, -0.05) is 102 Å². The van der Waals surface area contributed by atoms with Crippen LogP contribution in [-0.4, -0.2) is 31.7 Å². The van der Waals surface area contributed by atoms with Crippen LogP contribution in [-0.2, 0) is 4.43 Å². The normalized spacial score (nSPS) is 13.6. The second-order valence-electron chi connectivity index (χ2n) is 11.1. The molecule has 0 heterocycles. The van der Waals surface area contributed by atoms with E-state index in [1.165, 1.54) is 22.7 Å². The third-order valence-electron chi connectivity index (χ3n) is 7.60. The van der Waals surface area contributed by atoms with Crippen molar-refractivity contribution in [3.63, 3.8) is 0 Å². The van der Waals surface area contributed by atoms with Gasteiger partial charge in [-0.25, -0.2) is 4.39 Å². The monoisotopic (exact) mass is 582 g/mol. The Balaban J connectivity index is 1.96.